The topological polar surface area (TPSA) is 55.1 Å². The Hall–Kier alpha value is -1.81. The molecule has 0 spiro atoms. The SMILES string of the molecule is Cc1c(Br)cccc1NC(=O)C1(c2ccc(N)cc2)CC1. The van der Waals surface area contributed by atoms with Crippen molar-refractivity contribution in [3.05, 3.63) is 58.1 Å². The van der Waals surface area contributed by atoms with Gasteiger partial charge in [-0.3, -0.25) is 4.79 Å². The maximum absolute atomic E-state index is 12.7. The van der Waals surface area contributed by atoms with Crippen LogP contribution in [0, 0.1) is 6.92 Å². The smallest absolute Gasteiger partial charge is 0.235 e. The van der Waals surface area contributed by atoms with E-state index in [1.165, 1.54) is 0 Å². The largest absolute Gasteiger partial charge is 0.399 e. The van der Waals surface area contributed by atoms with Crippen molar-refractivity contribution in [1.82, 2.24) is 0 Å². The Kier molecular flexibility index (Phi) is 3.49. The average molecular weight is 345 g/mol. The molecule has 1 aliphatic carbocycles. The lowest BCUT2D eigenvalue weighted by atomic mass is 9.94. The molecule has 1 amide bonds. The molecular weight excluding hydrogens is 328 g/mol. The van der Waals surface area contributed by atoms with Gasteiger partial charge in [0, 0.05) is 15.8 Å². The highest BCUT2D eigenvalue weighted by atomic mass is 79.9. The van der Waals surface area contributed by atoms with Crippen LogP contribution in [0.5, 0.6) is 0 Å². The van der Waals surface area contributed by atoms with Gasteiger partial charge in [0.05, 0.1) is 5.41 Å². The van der Waals surface area contributed by atoms with Crippen LogP contribution in [0.25, 0.3) is 0 Å². The van der Waals surface area contributed by atoms with E-state index in [-0.39, 0.29) is 11.3 Å². The van der Waals surface area contributed by atoms with Gasteiger partial charge in [0.25, 0.3) is 0 Å². The summed E-state index contributed by atoms with van der Waals surface area (Å²) < 4.78 is 0.998. The van der Waals surface area contributed by atoms with Crippen molar-refractivity contribution in [2.24, 2.45) is 0 Å². The zero-order valence-electron chi connectivity index (χ0n) is 11.8. The van der Waals surface area contributed by atoms with Gasteiger partial charge >= 0.3 is 0 Å². The molecule has 3 N–H and O–H groups in total. The van der Waals surface area contributed by atoms with Gasteiger partial charge in [-0.25, -0.2) is 0 Å². The zero-order chi connectivity index (χ0) is 15.0. The molecule has 21 heavy (non-hydrogen) atoms. The minimum Gasteiger partial charge on any atom is -0.399 e. The monoisotopic (exact) mass is 344 g/mol. The van der Waals surface area contributed by atoms with Gasteiger partial charge in [-0.05, 0) is 55.2 Å². The van der Waals surface area contributed by atoms with E-state index < -0.39 is 0 Å². The third-order valence-corrected chi connectivity index (χ3v) is 5.02. The summed E-state index contributed by atoms with van der Waals surface area (Å²) in [6, 6.07) is 13.4. The maximum atomic E-state index is 12.7. The Morgan fingerprint density at radius 3 is 2.48 bits per heavy atom. The lowest BCUT2D eigenvalue weighted by molar-refractivity contribution is -0.118. The number of nitrogen functional groups attached to an aromatic ring is 1. The van der Waals surface area contributed by atoms with Crippen molar-refractivity contribution in [3.63, 3.8) is 0 Å². The summed E-state index contributed by atoms with van der Waals surface area (Å²) in [5.41, 5.74) is 9.00. The number of rotatable bonds is 3. The Balaban J connectivity index is 1.85. The third kappa shape index (κ3) is 2.56. The molecule has 2 aromatic carbocycles. The molecule has 108 valence electrons. The molecule has 1 aliphatic rings. The number of carbonyl (C=O) groups is 1. The molecule has 0 aliphatic heterocycles. The van der Waals surface area contributed by atoms with Crippen molar-refractivity contribution in [2.45, 2.75) is 25.2 Å². The summed E-state index contributed by atoms with van der Waals surface area (Å²) in [5, 5.41) is 3.07. The predicted molar refractivity (Wildman–Crippen MR) is 89.3 cm³/mol. The maximum Gasteiger partial charge on any atom is 0.235 e. The molecule has 3 nitrogen and oxygen atoms in total. The van der Waals surface area contributed by atoms with E-state index in [4.69, 9.17) is 5.73 Å². The lowest BCUT2D eigenvalue weighted by Crippen LogP contribution is -2.28. The first-order valence-electron chi connectivity index (χ1n) is 6.95. The number of nitrogens with one attached hydrogen (secondary N) is 1. The molecule has 4 heteroatoms. The molecule has 1 saturated carbocycles. The minimum absolute atomic E-state index is 0.0634. The van der Waals surface area contributed by atoms with E-state index in [1.807, 2.05) is 49.4 Å². The molecule has 0 bridgehead atoms. The average Bonchev–Trinajstić information content (AvgIpc) is 3.26. The Labute approximate surface area is 132 Å². The van der Waals surface area contributed by atoms with E-state index in [0.717, 1.165) is 39.8 Å². The highest BCUT2D eigenvalue weighted by molar-refractivity contribution is 9.10. The Bertz CT molecular complexity index is 690. The summed E-state index contributed by atoms with van der Waals surface area (Å²) in [6.45, 7) is 1.99. The Morgan fingerprint density at radius 2 is 1.86 bits per heavy atom. The second-order valence-electron chi connectivity index (χ2n) is 5.57. The Morgan fingerprint density at radius 1 is 1.19 bits per heavy atom. The third-order valence-electron chi connectivity index (χ3n) is 4.16. The van der Waals surface area contributed by atoms with Crippen LogP contribution in [0.1, 0.15) is 24.0 Å². The van der Waals surface area contributed by atoms with Crippen molar-refractivity contribution in [3.8, 4) is 0 Å². The summed E-state index contributed by atoms with van der Waals surface area (Å²) >= 11 is 3.49. The molecule has 0 heterocycles. The number of anilines is 2. The molecule has 0 saturated heterocycles. The van der Waals surface area contributed by atoms with Gasteiger partial charge in [0.2, 0.25) is 5.91 Å². The molecule has 0 radical (unpaired) electrons. The summed E-state index contributed by atoms with van der Waals surface area (Å²) in [6.07, 6.45) is 1.77. The van der Waals surface area contributed by atoms with Gasteiger partial charge in [0.1, 0.15) is 0 Å². The zero-order valence-corrected chi connectivity index (χ0v) is 13.4. The molecular formula is C17H17BrN2O. The molecule has 2 aromatic rings. The normalized spacial score (nSPS) is 15.5. The second kappa shape index (κ2) is 5.19. The number of amides is 1. The van der Waals surface area contributed by atoms with Gasteiger partial charge in [-0.2, -0.15) is 0 Å². The standard InChI is InChI=1S/C17H17BrN2O/c1-11-14(18)3-2-4-15(11)20-16(21)17(9-10-17)12-5-7-13(19)8-6-12/h2-8H,9-10,19H2,1H3,(H,20,21). The highest BCUT2D eigenvalue weighted by Crippen LogP contribution is 2.49. The first kappa shape index (κ1) is 14.1. The molecule has 0 unspecified atom stereocenters. The molecule has 3 rings (SSSR count). The lowest BCUT2D eigenvalue weighted by Gasteiger charge is -2.17. The van der Waals surface area contributed by atoms with Crippen LogP contribution in [-0.4, -0.2) is 5.91 Å². The van der Waals surface area contributed by atoms with E-state index in [0.29, 0.717) is 0 Å². The number of hydrogen-bond donors (Lipinski definition) is 2. The fraction of sp³-hybridized carbons (Fsp3) is 0.235. The van der Waals surface area contributed by atoms with Crippen LogP contribution in [-0.2, 0) is 10.2 Å². The summed E-state index contributed by atoms with van der Waals surface area (Å²) in [4.78, 5) is 12.7. The summed E-state index contributed by atoms with van der Waals surface area (Å²) in [5.74, 6) is 0.0634. The van der Waals surface area contributed by atoms with Crippen LogP contribution in [0.15, 0.2) is 46.9 Å². The molecule has 0 atom stereocenters. The van der Waals surface area contributed by atoms with E-state index in [9.17, 15) is 4.79 Å². The number of benzene rings is 2. The minimum atomic E-state index is -0.386. The van der Waals surface area contributed by atoms with Crippen molar-refractivity contribution in [2.75, 3.05) is 11.1 Å². The fourth-order valence-electron chi connectivity index (χ4n) is 2.56. The van der Waals surface area contributed by atoms with E-state index >= 15 is 0 Å². The van der Waals surface area contributed by atoms with Crippen molar-refractivity contribution in [1.29, 1.82) is 0 Å². The quantitative estimate of drug-likeness (QED) is 0.826. The molecule has 0 aromatic heterocycles. The first-order valence-corrected chi connectivity index (χ1v) is 7.75. The van der Waals surface area contributed by atoms with Gasteiger partial charge in [0.15, 0.2) is 0 Å². The van der Waals surface area contributed by atoms with Crippen LogP contribution in [0.2, 0.25) is 0 Å². The second-order valence-corrected chi connectivity index (χ2v) is 6.42. The van der Waals surface area contributed by atoms with E-state index in [2.05, 4.69) is 21.2 Å². The van der Waals surface area contributed by atoms with Crippen LogP contribution in [0.4, 0.5) is 11.4 Å². The van der Waals surface area contributed by atoms with Crippen LogP contribution < -0.4 is 11.1 Å². The number of halogens is 1. The van der Waals surface area contributed by atoms with Gasteiger partial charge in [-0.15, -0.1) is 0 Å². The molecule has 1 fully saturated rings. The number of hydrogen-bond acceptors (Lipinski definition) is 2. The first-order chi connectivity index (χ1) is 10.0. The number of nitrogens with two attached hydrogens (primary N) is 1. The predicted octanol–water partition coefficient (Wildman–Crippen LogP) is 4.01. The van der Waals surface area contributed by atoms with Crippen LogP contribution >= 0.6 is 15.9 Å². The van der Waals surface area contributed by atoms with Crippen LogP contribution in [0.3, 0.4) is 0 Å². The number of carbonyl (C=O) groups excluding carboxylic acids is 1. The van der Waals surface area contributed by atoms with Gasteiger partial charge < -0.3 is 11.1 Å². The highest BCUT2D eigenvalue weighted by Gasteiger charge is 2.51. The van der Waals surface area contributed by atoms with Crippen molar-refractivity contribution < 1.29 is 4.79 Å². The van der Waals surface area contributed by atoms with Gasteiger partial charge in [-0.1, -0.05) is 34.1 Å². The van der Waals surface area contributed by atoms with Crippen molar-refractivity contribution >= 4 is 33.2 Å². The van der Waals surface area contributed by atoms with E-state index in [1.54, 1.807) is 0 Å². The summed E-state index contributed by atoms with van der Waals surface area (Å²) in [7, 11) is 0. The fourth-order valence-corrected chi connectivity index (χ4v) is 2.93.